The van der Waals surface area contributed by atoms with E-state index in [9.17, 15) is 0 Å². The van der Waals surface area contributed by atoms with E-state index < -0.39 is 0 Å². The second-order valence-corrected chi connectivity index (χ2v) is 8.04. The molecular weight excluding hydrogens is 527 g/mol. The summed E-state index contributed by atoms with van der Waals surface area (Å²) < 4.78 is 5.81. The Kier molecular flexibility index (Phi) is 11.7. The number of guanidine groups is 1. The van der Waals surface area contributed by atoms with Crippen LogP contribution in [0.1, 0.15) is 37.5 Å². The molecule has 1 aliphatic rings. The zero-order valence-corrected chi connectivity index (χ0v) is 22.8. The van der Waals surface area contributed by atoms with Crippen LogP contribution in [-0.4, -0.2) is 61.7 Å². The molecule has 0 spiro atoms. The third-order valence-corrected chi connectivity index (χ3v) is 5.69. The van der Waals surface area contributed by atoms with Gasteiger partial charge in [-0.2, -0.15) is 0 Å². The average molecular weight is 567 g/mol. The second-order valence-electron chi connectivity index (χ2n) is 8.04. The Hall–Kier alpha value is -2.07. The first-order valence-electron chi connectivity index (χ1n) is 11.8. The lowest BCUT2D eigenvalue weighted by Gasteiger charge is -2.34. The van der Waals surface area contributed by atoms with Crippen molar-refractivity contribution in [2.45, 2.75) is 40.8 Å². The van der Waals surface area contributed by atoms with Crippen molar-refractivity contribution < 1.29 is 4.74 Å². The van der Waals surface area contributed by atoms with Crippen LogP contribution in [0.4, 0.5) is 5.82 Å². The van der Waals surface area contributed by atoms with E-state index in [2.05, 4.69) is 70.5 Å². The zero-order valence-electron chi connectivity index (χ0n) is 20.4. The number of piperazine rings is 1. The highest BCUT2D eigenvalue weighted by Crippen LogP contribution is 2.20. The minimum Gasteiger partial charge on any atom is -0.494 e. The Labute approximate surface area is 216 Å². The molecule has 2 aromatic rings. The molecule has 0 radical (unpaired) electrons. The Morgan fingerprint density at radius 2 is 1.85 bits per heavy atom. The summed E-state index contributed by atoms with van der Waals surface area (Å²) in [4.78, 5) is 14.3. The van der Waals surface area contributed by atoms with Gasteiger partial charge >= 0.3 is 0 Å². The van der Waals surface area contributed by atoms with Gasteiger partial charge in [0.25, 0.3) is 0 Å². The van der Waals surface area contributed by atoms with E-state index in [0.29, 0.717) is 19.7 Å². The monoisotopic (exact) mass is 566 g/mol. The highest BCUT2D eigenvalue weighted by atomic mass is 127. The quantitative estimate of drug-likeness (QED) is 0.274. The van der Waals surface area contributed by atoms with Gasteiger partial charge in [-0.25, -0.2) is 9.98 Å². The van der Waals surface area contributed by atoms with E-state index in [-0.39, 0.29) is 24.0 Å². The molecule has 182 valence electrons. The van der Waals surface area contributed by atoms with Crippen LogP contribution in [0, 0.1) is 6.92 Å². The minimum atomic E-state index is 0. The molecule has 8 heteroatoms. The van der Waals surface area contributed by atoms with Crippen LogP contribution >= 0.6 is 24.0 Å². The summed E-state index contributed by atoms with van der Waals surface area (Å²) in [7, 11) is 0. The fraction of sp³-hybridized carbons (Fsp3) is 0.520. The summed E-state index contributed by atoms with van der Waals surface area (Å²) in [6.45, 7) is 16.5. The predicted octanol–water partition coefficient (Wildman–Crippen LogP) is 3.80. The van der Waals surface area contributed by atoms with Crippen LogP contribution < -0.4 is 20.3 Å². The Morgan fingerprint density at radius 3 is 2.55 bits per heavy atom. The molecule has 1 aliphatic heterocycles. The summed E-state index contributed by atoms with van der Waals surface area (Å²) in [5.41, 5.74) is 3.48. The summed E-state index contributed by atoms with van der Waals surface area (Å²) in [6, 6.07) is 10.5. The SMILES string of the molecule is CCNC(=NCc1ccnc(N2CCN(CC)CC2)c1)NCc1ccc(C)cc1OCC.I. The molecule has 0 unspecified atom stereocenters. The number of hydrogen-bond donors (Lipinski definition) is 2. The lowest BCUT2D eigenvalue weighted by atomic mass is 10.1. The van der Waals surface area contributed by atoms with Crippen LogP contribution in [0.5, 0.6) is 5.75 Å². The number of hydrogen-bond acceptors (Lipinski definition) is 5. The van der Waals surface area contributed by atoms with Crippen molar-refractivity contribution in [2.24, 2.45) is 4.99 Å². The van der Waals surface area contributed by atoms with Crippen LogP contribution in [-0.2, 0) is 13.1 Å². The Bertz CT molecular complexity index is 883. The molecule has 0 atom stereocenters. The molecule has 3 rings (SSSR count). The summed E-state index contributed by atoms with van der Waals surface area (Å²) in [5, 5.41) is 6.78. The maximum atomic E-state index is 5.81. The van der Waals surface area contributed by atoms with Gasteiger partial charge in [-0.15, -0.1) is 24.0 Å². The molecule has 0 bridgehead atoms. The van der Waals surface area contributed by atoms with Crippen molar-refractivity contribution in [1.82, 2.24) is 20.5 Å². The normalized spacial score (nSPS) is 14.5. The number of benzene rings is 1. The van der Waals surface area contributed by atoms with E-state index in [4.69, 9.17) is 9.73 Å². The molecule has 2 N–H and O–H groups in total. The van der Waals surface area contributed by atoms with Gasteiger partial charge in [0.1, 0.15) is 11.6 Å². The van der Waals surface area contributed by atoms with Crippen molar-refractivity contribution in [3.8, 4) is 5.75 Å². The molecule has 1 aromatic heterocycles. The fourth-order valence-electron chi connectivity index (χ4n) is 3.81. The smallest absolute Gasteiger partial charge is 0.191 e. The number of halogens is 1. The number of aliphatic imine (C=N–C) groups is 1. The second kappa shape index (κ2) is 14.2. The van der Waals surface area contributed by atoms with Crippen LogP contribution in [0.15, 0.2) is 41.5 Å². The lowest BCUT2D eigenvalue weighted by Crippen LogP contribution is -2.46. The first kappa shape index (κ1) is 27.2. The van der Waals surface area contributed by atoms with E-state index in [1.165, 1.54) is 5.56 Å². The standard InChI is InChI=1S/C25H38N6O.HI/c1-5-26-25(29-19-22-9-8-20(4)16-23(22)32-7-3)28-18-21-10-11-27-24(17-21)31-14-12-30(6-2)13-15-31;/h8-11,16-17H,5-7,12-15,18-19H2,1-4H3,(H2,26,28,29);1H. The molecule has 1 saturated heterocycles. The molecule has 1 aromatic carbocycles. The van der Waals surface area contributed by atoms with Crippen molar-refractivity contribution in [2.75, 3.05) is 50.8 Å². The van der Waals surface area contributed by atoms with Gasteiger partial charge in [0.2, 0.25) is 0 Å². The molecule has 7 nitrogen and oxygen atoms in total. The first-order chi connectivity index (χ1) is 15.6. The molecular formula is C25H39IN6O. The third kappa shape index (κ3) is 8.33. The maximum Gasteiger partial charge on any atom is 0.191 e. The topological polar surface area (TPSA) is 65.0 Å². The highest BCUT2D eigenvalue weighted by molar-refractivity contribution is 14.0. The number of rotatable bonds is 9. The van der Waals surface area contributed by atoms with Crippen molar-refractivity contribution in [3.63, 3.8) is 0 Å². The molecule has 0 saturated carbocycles. The summed E-state index contributed by atoms with van der Waals surface area (Å²) >= 11 is 0. The average Bonchev–Trinajstić information content (AvgIpc) is 2.82. The number of nitrogens with zero attached hydrogens (tertiary/aromatic N) is 4. The van der Waals surface area contributed by atoms with E-state index in [1.807, 2.05) is 19.2 Å². The number of aromatic nitrogens is 1. The zero-order chi connectivity index (χ0) is 22.8. The van der Waals surface area contributed by atoms with Crippen LogP contribution in [0.25, 0.3) is 0 Å². The van der Waals surface area contributed by atoms with E-state index in [0.717, 1.165) is 67.9 Å². The summed E-state index contributed by atoms with van der Waals surface area (Å²) in [6.07, 6.45) is 1.90. The van der Waals surface area contributed by atoms with Crippen molar-refractivity contribution >= 4 is 35.8 Å². The van der Waals surface area contributed by atoms with E-state index >= 15 is 0 Å². The van der Waals surface area contributed by atoms with Crippen LogP contribution in [0.3, 0.4) is 0 Å². The molecule has 2 heterocycles. The third-order valence-electron chi connectivity index (χ3n) is 5.69. The number of likely N-dealkylation sites (N-methyl/N-ethyl adjacent to an activating group) is 1. The number of ether oxygens (including phenoxy) is 1. The molecule has 0 amide bonds. The number of aryl methyl sites for hydroxylation is 1. The van der Waals surface area contributed by atoms with Gasteiger partial charge in [-0.1, -0.05) is 19.1 Å². The van der Waals surface area contributed by atoms with Gasteiger partial charge in [-0.05, 0) is 56.6 Å². The molecule has 0 aliphatic carbocycles. The van der Waals surface area contributed by atoms with E-state index in [1.54, 1.807) is 0 Å². The van der Waals surface area contributed by atoms with Crippen molar-refractivity contribution in [3.05, 3.63) is 53.2 Å². The van der Waals surface area contributed by atoms with Gasteiger partial charge in [-0.3, -0.25) is 0 Å². The number of anilines is 1. The predicted molar refractivity (Wildman–Crippen MR) is 148 cm³/mol. The van der Waals surface area contributed by atoms with Gasteiger partial charge in [0.05, 0.1) is 13.2 Å². The minimum absolute atomic E-state index is 0. The maximum absolute atomic E-state index is 5.81. The Balaban J connectivity index is 0.00000385. The first-order valence-corrected chi connectivity index (χ1v) is 11.8. The largest absolute Gasteiger partial charge is 0.494 e. The number of pyridine rings is 1. The molecule has 33 heavy (non-hydrogen) atoms. The van der Waals surface area contributed by atoms with Gasteiger partial charge in [0.15, 0.2) is 5.96 Å². The van der Waals surface area contributed by atoms with Crippen LogP contribution in [0.2, 0.25) is 0 Å². The lowest BCUT2D eigenvalue weighted by molar-refractivity contribution is 0.270. The Morgan fingerprint density at radius 1 is 1.06 bits per heavy atom. The van der Waals surface area contributed by atoms with Gasteiger partial charge < -0.3 is 25.2 Å². The molecule has 1 fully saturated rings. The van der Waals surface area contributed by atoms with Crippen molar-refractivity contribution in [1.29, 1.82) is 0 Å². The highest BCUT2D eigenvalue weighted by Gasteiger charge is 2.16. The number of nitrogens with one attached hydrogen (secondary N) is 2. The van der Waals surface area contributed by atoms with Gasteiger partial charge in [0, 0.05) is 51.0 Å². The fourth-order valence-corrected chi connectivity index (χ4v) is 3.81. The summed E-state index contributed by atoms with van der Waals surface area (Å²) in [5.74, 6) is 2.77.